The van der Waals surface area contributed by atoms with E-state index in [1.54, 1.807) is 0 Å². The molecule has 2 aliphatic rings. The number of ether oxygens (including phenoxy) is 1. The Bertz CT molecular complexity index is 748. The monoisotopic (exact) mass is 323 g/mol. The minimum Gasteiger partial charge on any atom is -0.464 e. The van der Waals surface area contributed by atoms with Crippen molar-refractivity contribution in [1.82, 2.24) is 9.88 Å². The molecule has 1 aromatic heterocycles. The third kappa shape index (κ3) is 2.76. The Kier molecular flexibility index (Phi) is 3.94. The molecule has 124 valence electrons. The van der Waals surface area contributed by atoms with Crippen molar-refractivity contribution in [3.8, 4) is 0 Å². The van der Waals surface area contributed by atoms with E-state index in [4.69, 9.17) is 4.74 Å². The summed E-state index contributed by atoms with van der Waals surface area (Å²) in [5.74, 6) is -0.367. The Morgan fingerprint density at radius 3 is 2.92 bits per heavy atom. The molecule has 0 spiro atoms. The fourth-order valence-electron chi connectivity index (χ4n) is 3.78. The van der Waals surface area contributed by atoms with E-state index in [0.717, 1.165) is 32.6 Å². The quantitative estimate of drug-likeness (QED) is 0.810. The molecule has 1 saturated heterocycles. The van der Waals surface area contributed by atoms with Crippen LogP contribution in [-0.4, -0.2) is 48.6 Å². The molecule has 0 N–H and O–H groups in total. The molecule has 1 unspecified atom stereocenters. The van der Waals surface area contributed by atoms with E-state index < -0.39 is 0 Å². The highest BCUT2D eigenvalue weighted by molar-refractivity contribution is 5.88. The summed E-state index contributed by atoms with van der Waals surface area (Å²) in [5, 5.41) is 0. The molecular weight excluding hydrogens is 302 g/mol. The van der Waals surface area contributed by atoms with Gasteiger partial charge in [0.15, 0.2) is 0 Å². The zero-order valence-electron chi connectivity index (χ0n) is 13.8. The van der Waals surface area contributed by atoms with Crippen molar-refractivity contribution in [2.24, 2.45) is 0 Å². The van der Waals surface area contributed by atoms with Crippen molar-refractivity contribution in [3.05, 3.63) is 59.4 Å². The van der Waals surface area contributed by atoms with Gasteiger partial charge in [0.25, 0.3) is 0 Å². The van der Waals surface area contributed by atoms with Crippen molar-refractivity contribution < 1.29 is 9.53 Å². The lowest BCUT2D eigenvalue weighted by molar-refractivity contribution is 0.0594. The second-order valence-electron chi connectivity index (χ2n) is 6.46. The van der Waals surface area contributed by atoms with Crippen LogP contribution < -0.4 is 4.90 Å². The molecule has 0 bridgehead atoms. The van der Waals surface area contributed by atoms with Crippen LogP contribution in [0.2, 0.25) is 0 Å². The van der Waals surface area contributed by atoms with Gasteiger partial charge in [0.05, 0.1) is 19.0 Å². The number of carbonyl (C=O) groups excluding carboxylic acids is 1. The van der Waals surface area contributed by atoms with E-state index >= 15 is 0 Å². The number of hydrogen-bond donors (Lipinski definition) is 0. The second kappa shape index (κ2) is 6.24. The summed E-state index contributed by atoms with van der Waals surface area (Å²) in [4.78, 5) is 20.9. The zero-order valence-corrected chi connectivity index (χ0v) is 13.8. The molecular formula is C19H21N3O2. The first-order valence-corrected chi connectivity index (χ1v) is 8.35. The van der Waals surface area contributed by atoms with Gasteiger partial charge in [-0.15, -0.1) is 0 Å². The van der Waals surface area contributed by atoms with Gasteiger partial charge in [-0.25, -0.2) is 9.78 Å². The highest BCUT2D eigenvalue weighted by Crippen LogP contribution is 2.34. The van der Waals surface area contributed by atoms with Gasteiger partial charge in [0, 0.05) is 32.2 Å². The van der Waals surface area contributed by atoms with Gasteiger partial charge in [0.1, 0.15) is 5.69 Å². The highest BCUT2D eigenvalue weighted by Gasteiger charge is 2.34. The number of pyridine rings is 1. The molecule has 0 radical (unpaired) electrons. The summed E-state index contributed by atoms with van der Waals surface area (Å²) in [6, 6.07) is 13.0. The molecule has 1 atom stereocenters. The van der Waals surface area contributed by atoms with Crippen molar-refractivity contribution >= 4 is 11.7 Å². The van der Waals surface area contributed by atoms with Crippen LogP contribution in [0.25, 0.3) is 0 Å². The fraction of sp³-hybridized carbons (Fsp3) is 0.368. The maximum Gasteiger partial charge on any atom is 0.356 e. The number of benzene rings is 1. The van der Waals surface area contributed by atoms with E-state index in [0.29, 0.717) is 11.7 Å². The Morgan fingerprint density at radius 1 is 1.29 bits per heavy atom. The number of rotatable bonds is 3. The second-order valence-corrected chi connectivity index (χ2v) is 6.46. The summed E-state index contributed by atoms with van der Waals surface area (Å²) < 4.78 is 4.77. The van der Waals surface area contributed by atoms with Crippen LogP contribution in [0.1, 0.15) is 21.6 Å². The molecule has 0 amide bonds. The van der Waals surface area contributed by atoms with Gasteiger partial charge in [-0.05, 0) is 23.6 Å². The highest BCUT2D eigenvalue weighted by atomic mass is 16.5. The Hall–Kier alpha value is -2.40. The lowest BCUT2D eigenvalue weighted by Gasteiger charge is -2.39. The minimum absolute atomic E-state index is 0.367. The van der Waals surface area contributed by atoms with Gasteiger partial charge in [0.2, 0.25) is 0 Å². The zero-order chi connectivity index (χ0) is 16.5. The average Bonchev–Trinajstić information content (AvgIpc) is 2.98. The maximum atomic E-state index is 11.7. The van der Waals surface area contributed by atoms with Gasteiger partial charge in [-0.3, -0.25) is 4.90 Å². The predicted octanol–water partition coefficient (Wildman–Crippen LogP) is 2.12. The van der Waals surface area contributed by atoms with Gasteiger partial charge >= 0.3 is 5.97 Å². The predicted molar refractivity (Wildman–Crippen MR) is 92.1 cm³/mol. The minimum atomic E-state index is -0.367. The van der Waals surface area contributed by atoms with Gasteiger partial charge in [-0.1, -0.05) is 30.3 Å². The number of aromatic nitrogens is 1. The third-order valence-electron chi connectivity index (χ3n) is 4.94. The number of methoxy groups -OCH3 is 1. The number of anilines is 1. The van der Waals surface area contributed by atoms with Crippen LogP contribution in [0.15, 0.2) is 42.6 Å². The van der Waals surface area contributed by atoms with Crippen LogP contribution in [-0.2, 0) is 17.7 Å². The van der Waals surface area contributed by atoms with Crippen LogP contribution >= 0.6 is 0 Å². The molecule has 5 nitrogen and oxygen atoms in total. The molecule has 0 aliphatic carbocycles. The summed E-state index contributed by atoms with van der Waals surface area (Å²) in [7, 11) is 1.39. The number of esters is 1. The van der Waals surface area contributed by atoms with E-state index in [2.05, 4.69) is 45.1 Å². The topological polar surface area (TPSA) is 45.7 Å². The molecule has 5 heteroatoms. The normalized spacial score (nSPS) is 19.7. The SMILES string of the molecule is COC(=O)c1cc2c(cn1)N1CCN(Cc3ccccc3)CC1C2. The van der Waals surface area contributed by atoms with Gasteiger partial charge < -0.3 is 9.64 Å². The van der Waals surface area contributed by atoms with Crippen LogP contribution in [0.3, 0.4) is 0 Å². The summed E-state index contributed by atoms with van der Waals surface area (Å²) in [6.07, 6.45) is 2.79. The van der Waals surface area contributed by atoms with Crippen LogP contribution in [0.5, 0.6) is 0 Å². The smallest absolute Gasteiger partial charge is 0.356 e. The molecule has 2 aromatic rings. The summed E-state index contributed by atoms with van der Waals surface area (Å²) >= 11 is 0. The van der Waals surface area contributed by atoms with Crippen molar-refractivity contribution in [3.63, 3.8) is 0 Å². The number of hydrogen-bond acceptors (Lipinski definition) is 5. The fourth-order valence-corrected chi connectivity index (χ4v) is 3.78. The van der Waals surface area contributed by atoms with Crippen molar-refractivity contribution in [2.75, 3.05) is 31.6 Å². The number of nitrogens with zero attached hydrogens (tertiary/aromatic N) is 3. The molecule has 1 aromatic carbocycles. The molecule has 2 aliphatic heterocycles. The van der Waals surface area contributed by atoms with Gasteiger partial charge in [-0.2, -0.15) is 0 Å². The average molecular weight is 323 g/mol. The number of fused-ring (bicyclic) bond motifs is 3. The van der Waals surface area contributed by atoms with Crippen molar-refractivity contribution in [1.29, 1.82) is 0 Å². The molecule has 1 fully saturated rings. The first-order valence-electron chi connectivity index (χ1n) is 8.35. The van der Waals surface area contributed by atoms with E-state index in [1.807, 2.05) is 12.3 Å². The summed E-state index contributed by atoms with van der Waals surface area (Å²) in [6.45, 7) is 4.08. The Labute approximate surface area is 141 Å². The first kappa shape index (κ1) is 15.1. The van der Waals surface area contributed by atoms with E-state index in [1.165, 1.54) is 23.9 Å². The maximum absolute atomic E-state index is 11.7. The summed E-state index contributed by atoms with van der Waals surface area (Å²) in [5.41, 5.74) is 4.14. The Morgan fingerprint density at radius 2 is 2.12 bits per heavy atom. The van der Waals surface area contributed by atoms with E-state index in [9.17, 15) is 4.79 Å². The lowest BCUT2D eigenvalue weighted by Crippen LogP contribution is -2.51. The van der Waals surface area contributed by atoms with E-state index in [-0.39, 0.29) is 5.97 Å². The molecule has 4 rings (SSSR count). The molecule has 0 saturated carbocycles. The molecule has 3 heterocycles. The van der Waals surface area contributed by atoms with Crippen LogP contribution in [0, 0.1) is 0 Å². The van der Waals surface area contributed by atoms with Crippen LogP contribution in [0.4, 0.5) is 5.69 Å². The first-order chi connectivity index (χ1) is 11.7. The molecule has 24 heavy (non-hydrogen) atoms. The lowest BCUT2D eigenvalue weighted by atomic mass is 10.1. The standard InChI is InChI=1S/C19H21N3O2/c1-24-19(23)17-10-15-9-16-13-21(12-14-5-3-2-4-6-14)7-8-22(16)18(15)11-20-17/h2-6,10-11,16H,7-9,12-13H2,1H3. The number of carbonyl (C=O) groups is 1. The largest absolute Gasteiger partial charge is 0.464 e. The number of piperazine rings is 1. The Balaban J connectivity index is 1.48. The third-order valence-corrected chi connectivity index (χ3v) is 4.94. The van der Waals surface area contributed by atoms with Crippen molar-refractivity contribution in [2.45, 2.75) is 19.0 Å².